The van der Waals surface area contributed by atoms with Crippen molar-refractivity contribution in [2.24, 2.45) is 5.92 Å². The van der Waals surface area contributed by atoms with Crippen LogP contribution in [0.3, 0.4) is 0 Å². The van der Waals surface area contributed by atoms with Gasteiger partial charge in [-0.1, -0.05) is 25.0 Å². The summed E-state index contributed by atoms with van der Waals surface area (Å²) in [5.41, 5.74) is 0.854. The molecule has 5 nitrogen and oxygen atoms in total. The highest BCUT2D eigenvalue weighted by molar-refractivity contribution is 5.95. The summed E-state index contributed by atoms with van der Waals surface area (Å²) in [6, 6.07) is 7.26. The largest absolute Gasteiger partial charge is 0.481 e. The molecule has 2 rings (SSSR count). The number of aliphatic carboxylic acids is 1. The number of carboxylic acid groups (broad SMARTS) is 1. The van der Waals surface area contributed by atoms with E-state index >= 15 is 0 Å². The Morgan fingerprint density at radius 3 is 2.54 bits per heavy atom. The Morgan fingerprint density at radius 1 is 1.29 bits per heavy atom. The van der Waals surface area contributed by atoms with Crippen molar-refractivity contribution in [2.75, 3.05) is 0 Å². The topological polar surface area (TPSA) is 75.6 Å². The maximum Gasteiger partial charge on any atom is 0.308 e. The number of benzene rings is 1. The SMILES string of the molecule is CC(C)OCc1ccc(C(=O)NC2(C)CCCCC2C(=O)O)cc1. The molecule has 0 saturated heterocycles. The first kappa shape index (κ1) is 18.5. The van der Waals surface area contributed by atoms with Crippen LogP contribution >= 0.6 is 0 Å². The van der Waals surface area contributed by atoms with E-state index in [2.05, 4.69) is 5.32 Å². The summed E-state index contributed by atoms with van der Waals surface area (Å²) in [6.45, 7) is 6.31. The van der Waals surface area contributed by atoms with E-state index in [1.165, 1.54) is 0 Å². The van der Waals surface area contributed by atoms with E-state index in [9.17, 15) is 14.7 Å². The van der Waals surface area contributed by atoms with Gasteiger partial charge in [-0.05, 0) is 51.3 Å². The molecule has 0 aromatic heterocycles. The normalized spacial score (nSPS) is 23.9. The Morgan fingerprint density at radius 2 is 1.96 bits per heavy atom. The predicted molar refractivity (Wildman–Crippen MR) is 91.8 cm³/mol. The standard InChI is InChI=1S/C19H27NO4/c1-13(2)24-12-14-7-9-15(10-8-14)17(21)20-19(3)11-5-4-6-16(19)18(22)23/h7-10,13,16H,4-6,11-12H2,1-3H3,(H,20,21)(H,22,23). The lowest BCUT2D eigenvalue weighted by molar-refractivity contribution is -0.145. The molecule has 1 aliphatic rings. The number of ether oxygens (including phenoxy) is 1. The minimum absolute atomic E-state index is 0.159. The zero-order chi connectivity index (χ0) is 17.7. The summed E-state index contributed by atoms with van der Waals surface area (Å²) in [5, 5.41) is 12.4. The molecule has 1 saturated carbocycles. The summed E-state index contributed by atoms with van der Waals surface area (Å²) >= 11 is 0. The van der Waals surface area contributed by atoms with E-state index in [0.29, 0.717) is 25.0 Å². The maximum absolute atomic E-state index is 12.5. The highest BCUT2D eigenvalue weighted by atomic mass is 16.5. The lowest BCUT2D eigenvalue weighted by Gasteiger charge is -2.39. The number of rotatable bonds is 6. The van der Waals surface area contributed by atoms with Gasteiger partial charge in [0.2, 0.25) is 0 Å². The van der Waals surface area contributed by atoms with Gasteiger partial charge in [0.15, 0.2) is 0 Å². The lowest BCUT2D eigenvalue weighted by atomic mass is 9.73. The van der Waals surface area contributed by atoms with Crippen molar-refractivity contribution < 1.29 is 19.4 Å². The number of amides is 1. The van der Waals surface area contributed by atoms with Gasteiger partial charge in [-0.2, -0.15) is 0 Å². The maximum atomic E-state index is 12.5. The second-order valence-corrected chi connectivity index (χ2v) is 7.06. The Labute approximate surface area is 143 Å². The number of carbonyl (C=O) groups is 2. The van der Waals surface area contributed by atoms with Gasteiger partial charge in [0.25, 0.3) is 5.91 Å². The summed E-state index contributed by atoms with van der Waals surface area (Å²) in [6.07, 6.45) is 3.29. The summed E-state index contributed by atoms with van der Waals surface area (Å²) in [5.74, 6) is -1.59. The van der Waals surface area contributed by atoms with E-state index in [1.807, 2.05) is 32.9 Å². The molecule has 1 aromatic rings. The van der Waals surface area contributed by atoms with Gasteiger partial charge in [0.1, 0.15) is 0 Å². The average Bonchev–Trinajstić information content (AvgIpc) is 2.53. The molecular weight excluding hydrogens is 306 g/mol. The third-order valence-corrected chi connectivity index (χ3v) is 4.70. The van der Waals surface area contributed by atoms with E-state index in [-0.39, 0.29) is 12.0 Å². The molecule has 1 amide bonds. The molecule has 24 heavy (non-hydrogen) atoms. The van der Waals surface area contributed by atoms with Crippen molar-refractivity contribution in [3.05, 3.63) is 35.4 Å². The van der Waals surface area contributed by atoms with Gasteiger partial charge in [-0.15, -0.1) is 0 Å². The molecule has 1 aromatic carbocycles. The van der Waals surface area contributed by atoms with Crippen LogP contribution in [-0.4, -0.2) is 28.6 Å². The highest BCUT2D eigenvalue weighted by Gasteiger charge is 2.42. The van der Waals surface area contributed by atoms with Crippen molar-refractivity contribution in [1.82, 2.24) is 5.32 Å². The summed E-state index contributed by atoms with van der Waals surface area (Å²) < 4.78 is 5.54. The summed E-state index contributed by atoms with van der Waals surface area (Å²) in [7, 11) is 0. The average molecular weight is 333 g/mol. The van der Waals surface area contributed by atoms with E-state index in [0.717, 1.165) is 18.4 Å². The molecule has 0 spiro atoms. The summed E-state index contributed by atoms with van der Waals surface area (Å²) in [4.78, 5) is 24.0. The quantitative estimate of drug-likeness (QED) is 0.837. The second-order valence-electron chi connectivity index (χ2n) is 7.06. The van der Waals surface area contributed by atoms with Crippen LogP contribution in [0.5, 0.6) is 0 Å². The van der Waals surface area contributed by atoms with Crippen LogP contribution in [0.4, 0.5) is 0 Å². The minimum atomic E-state index is -0.835. The molecular formula is C19H27NO4. The van der Waals surface area contributed by atoms with Gasteiger partial charge in [0, 0.05) is 5.56 Å². The van der Waals surface area contributed by atoms with E-state index in [4.69, 9.17) is 4.74 Å². The van der Waals surface area contributed by atoms with E-state index in [1.54, 1.807) is 12.1 Å². The Bertz CT molecular complexity index is 582. The smallest absolute Gasteiger partial charge is 0.308 e. The number of hydrogen-bond donors (Lipinski definition) is 2. The molecule has 2 unspecified atom stereocenters. The number of nitrogens with one attached hydrogen (secondary N) is 1. The van der Waals surface area contributed by atoms with Crippen molar-refractivity contribution in [3.8, 4) is 0 Å². The Balaban J connectivity index is 2.04. The lowest BCUT2D eigenvalue weighted by Crippen LogP contribution is -2.55. The van der Waals surface area contributed by atoms with Gasteiger partial charge < -0.3 is 15.2 Å². The van der Waals surface area contributed by atoms with Gasteiger partial charge in [-0.25, -0.2) is 0 Å². The van der Waals surface area contributed by atoms with Crippen LogP contribution in [-0.2, 0) is 16.1 Å². The highest BCUT2D eigenvalue weighted by Crippen LogP contribution is 2.34. The third kappa shape index (κ3) is 4.57. The molecule has 5 heteroatoms. The predicted octanol–water partition coefficient (Wildman–Crippen LogP) is 3.37. The van der Waals surface area contributed by atoms with Crippen LogP contribution in [0.1, 0.15) is 62.4 Å². The molecule has 1 aliphatic carbocycles. The molecule has 1 fully saturated rings. The van der Waals surface area contributed by atoms with Crippen LogP contribution in [0.2, 0.25) is 0 Å². The Hall–Kier alpha value is -1.88. The van der Waals surface area contributed by atoms with Crippen molar-refractivity contribution in [2.45, 2.75) is 64.7 Å². The molecule has 0 heterocycles. The third-order valence-electron chi connectivity index (χ3n) is 4.70. The Kier molecular flexibility index (Phi) is 5.99. The molecule has 0 aliphatic heterocycles. The van der Waals surface area contributed by atoms with Crippen molar-refractivity contribution in [3.63, 3.8) is 0 Å². The monoisotopic (exact) mass is 333 g/mol. The van der Waals surface area contributed by atoms with Gasteiger partial charge in [0.05, 0.1) is 24.2 Å². The van der Waals surface area contributed by atoms with Crippen LogP contribution in [0.25, 0.3) is 0 Å². The fourth-order valence-electron chi connectivity index (χ4n) is 3.23. The van der Waals surface area contributed by atoms with Crippen molar-refractivity contribution in [1.29, 1.82) is 0 Å². The number of carbonyl (C=O) groups excluding carboxylic acids is 1. The number of hydrogen-bond acceptors (Lipinski definition) is 3. The van der Waals surface area contributed by atoms with Crippen LogP contribution in [0, 0.1) is 5.92 Å². The molecule has 0 radical (unpaired) electrons. The van der Waals surface area contributed by atoms with Gasteiger partial charge in [-0.3, -0.25) is 9.59 Å². The zero-order valence-electron chi connectivity index (χ0n) is 14.7. The van der Waals surface area contributed by atoms with E-state index < -0.39 is 17.4 Å². The molecule has 132 valence electrons. The molecule has 2 N–H and O–H groups in total. The van der Waals surface area contributed by atoms with Crippen LogP contribution < -0.4 is 5.32 Å². The van der Waals surface area contributed by atoms with Crippen LogP contribution in [0.15, 0.2) is 24.3 Å². The first-order valence-corrected chi connectivity index (χ1v) is 8.58. The molecule has 0 bridgehead atoms. The molecule has 2 atom stereocenters. The second kappa shape index (κ2) is 7.79. The number of carboxylic acids is 1. The van der Waals surface area contributed by atoms with Crippen molar-refractivity contribution >= 4 is 11.9 Å². The minimum Gasteiger partial charge on any atom is -0.481 e. The zero-order valence-corrected chi connectivity index (χ0v) is 14.7. The van der Waals surface area contributed by atoms with Gasteiger partial charge >= 0.3 is 5.97 Å². The fraction of sp³-hybridized carbons (Fsp3) is 0.579. The first-order valence-electron chi connectivity index (χ1n) is 8.58. The fourth-order valence-corrected chi connectivity index (χ4v) is 3.23. The first-order chi connectivity index (χ1) is 11.3.